The zero-order valence-corrected chi connectivity index (χ0v) is 11.5. The number of likely N-dealkylation sites (N-methyl/N-ethyl adjacent to an activating group) is 1. The molecule has 0 radical (unpaired) electrons. The molecule has 1 atom stereocenters. The van der Waals surface area contributed by atoms with Crippen molar-refractivity contribution in [3.63, 3.8) is 0 Å². The summed E-state index contributed by atoms with van der Waals surface area (Å²) >= 11 is 0. The molecular formula is C15H24N2O. The van der Waals surface area contributed by atoms with E-state index in [1.165, 1.54) is 30.4 Å². The first-order valence-electron chi connectivity index (χ1n) is 6.80. The van der Waals surface area contributed by atoms with Crippen molar-refractivity contribution in [3.05, 3.63) is 29.3 Å². The predicted octanol–water partition coefficient (Wildman–Crippen LogP) is 2.58. The number of nitrogens with two attached hydrogens (primary N) is 1. The third-order valence-electron chi connectivity index (χ3n) is 3.53. The number of hydrogen-bond acceptors (Lipinski definition) is 3. The van der Waals surface area contributed by atoms with E-state index in [-0.39, 0.29) is 0 Å². The molecular weight excluding hydrogens is 224 g/mol. The minimum absolute atomic E-state index is 0.398. The second kappa shape index (κ2) is 6.21. The maximum absolute atomic E-state index is 6.01. The topological polar surface area (TPSA) is 38.5 Å². The quantitative estimate of drug-likeness (QED) is 0.832. The third kappa shape index (κ3) is 3.72. The van der Waals surface area contributed by atoms with Gasteiger partial charge in [-0.2, -0.15) is 0 Å². The van der Waals surface area contributed by atoms with Gasteiger partial charge in [0, 0.05) is 25.4 Å². The van der Waals surface area contributed by atoms with E-state index in [4.69, 9.17) is 10.5 Å². The van der Waals surface area contributed by atoms with Crippen LogP contribution < -0.4 is 5.73 Å². The number of aryl methyl sites for hydroxylation is 1. The minimum atomic E-state index is 0.398. The van der Waals surface area contributed by atoms with Crippen LogP contribution in [-0.2, 0) is 11.3 Å². The average molecular weight is 248 g/mol. The molecule has 1 fully saturated rings. The van der Waals surface area contributed by atoms with Crippen molar-refractivity contribution in [1.29, 1.82) is 0 Å². The second-order valence-electron chi connectivity index (χ2n) is 5.39. The van der Waals surface area contributed by atoms with Crippen LogP contribution in [0.1, 0.15) is 30.4 Å². The normalized spacial score (nSPS) is 20.3. The van der Waals surface area contributed by atoms with E-state index < -0.39 is 0 Å². The molecule has 3 heteroatoms. The summed E-state index contributed by atoms with van der Waals surface area (Å²) in [5, 5.41) is 0. The number of anilines is 1. The van der Waals surface area contributed by atoms with Crippen molar-refractivity contribution >= 4 is 5.69 Å². The van der Waals surface area contributed by atoms with Crippen molar-refractivity contribution in [2.24, 2.45) is 0 Å². The molecule has 18 heavy (non-hydrogen) atoms. The second-order valence-corrected chi connectivity index (χ2v) is 5.39. The smallest absolute Gasteiger partial charge is 0.0702 e. The van der Waals surface area contributed by atoms with Crippen LogP contribution in [0.15, 0.2) is 18.2 Å². The van der Waals surface area contributed by atoms with Crippen molar-refractivity contribution in [2.45, 2.75) is 38.8 Å². The van der Waals surface area contributed by atoms with Crippen molar-refractivity contribution < 1.29 is 4.74 Å². The Morgan fingerprint density at radius 3 is 2.94 bits per heavy atom. The van der Waals surface area contributed by atoms with E-state index in [1.54, 1.807) is 0 Å². The summed E-state index contributed by atoms with van der Waals surface area (Å²) in [4.78, 5) is 2.31. The lowest BCUT2D eigenvalue weighted by atomic mass is 10.1. The molecule has 0 saturated carbocycles. The predicted molar refractivity (Wildman–Crippen MR) is 75.5 cm³/mol. The Balaban J connectivity index is 1.89. The molecule has 1 aliphatic rings. The van der Waals surface area contributed by atoms with Crippen LogP contribution in [0.4, 0.5) is 5.69 Å². The standard InChI is InChI=1S/C15H24N2O/c1-12-6-7-15(16)13(9-12)10-17(2)11-14-5-3-4-8-18-14/h6-7,9,14H,3-5,8,10-11,16H2,1-2H3. The van der Waals surface area contributed by atoms with Gasteiger partial charge in [0.2, 0.25) is 0 Å². The fraction of sp³-hybridized carbons (Fsp3) is 0.600. The van der Waals surface area contributed by atoms with Crippen molar-refractivity contribution in [1.82, 2.24) is 4.90 Å². The van der Waals surface area contributed by atoms with Crippen LogP contribution in [0.2, 0.25) is 0 Å². The molecule has 1 saturated heterocycles. The SMILES string of the molecule is Cc1ccc(N)c(CN(C)CC2CCCCO2)c1. The minimum Gasteiger partial charge on any atom is -0.398 e. The fourth-order valence-corrected chi connectivity index (χ4v) is 2.53. The van der Waals surface area contributed by atoms with Gasteiger partial charge in [-0.3, -0.25) is 4.90 Å². The molecule has 2 rings (SSSR count). The van der Waals surface area contributed by atoms with Crippen molar-refractivity contribution in [2.75, 3.05) is 25.9 Å². The van der Waals surface area contributed by atoms with Gasteiger partial charge in [-0.1, -0.05) is 17.7 Å². The molecule has 1 unspecified atom stereocenters. The van der Waals surface area contributed by atoms with E-state index in [0.717, 1.165) is 25.4 Å². The molecule has 0 aromatic heterocycles. The van der Waals surface area contributed by atoms with Gasteiger partial charge in [0.25, 0.3) is 0 Å². The summed E-state index contributed by atoms with van der Waals surface area (Å²) in [6, 6.07) is 6.23. The molecule has 1 aromatic carbocycles. The maximum Gasteiger partial charge on any atom is 0.0702 e. The van der Waals surface area contributed by atoms with E-state index in [1.807, 2.05) is 6.07 Å². The Morgan fingerprint density at radius 2 is 2.22 bits per heavy atom. The molecule has 0 aliphatic carbocycles. The van der Waals surface area contributed by atoms with E-state index in [2.05, 4.69) is 31.0 Å². The number of rotatable bonds is 4. The highest BCUT2D eigenvalue weighted by atomic mass is 16.5. The molecule has 0 amide bonds. The number of nitrogens with zero attached hydrogens (tertiary/aromatic N) is 1. The molecule has 3 nitrogen and oxygen atoms in total. The molecule has 1 heterocycles. The Labute approximate surface area is 110 Å². The van der Waals surface area contributed by atoms with Gasteiger partial charge < -0.3 is 10.5 Å². The lowest BCUT2D eigenvalue weighted by molar-refractivity contribution is -0.00256. The summed E-state index contributed by atoms with van der Waals surface area (Å²) in [7, 11) is 2.14. The molecule has 1 aliphatic heterocycles. The van der Waals surface area contributed by atoms with Gasteiger partial charge in [0.05, 0.1) is 6.10 Å². The first kappa shape index (κ1) is 13.4. The van der Waals surface area contributed by atoms with Gasteiger partial charge in [0.1, 0.15) is 0 Å². The average Bonchev–Trinajstić information content (AvgIpc) is 2.35. The number of nitrogen functional groups attached to an aromatic ring is 1. The number of benzene rings is 1. The highest BCUT2D eigenvalue weighted by molar-refractivity contribution is 5.48. The summed E-state index contributed by atoms with van der Waals surface area (Å²) in [6.07, 6.45) is 4.10. The molecule has 0 spiro atoms. The van der Waals surface area contributed by atoms with E-state index in [0.29, 0.717) is 6.10 Å². The highest BCUT2D eigenvalue weighted by Gasteiger charge is 2.16. The van der Waals surface area contributed by atoms with Gasteiger partial charge in [-0.05, 0) is 44.9 Å². The van der Waals surface area contributed by atoms with Crippen molar-refractivity contribution in [3.8, 4) is 0 Å². The Bertz CT molecular complexity index is 386. The first-order chi connectivity index (χ1) is 8.65. The molecule has 0 bridgehead atoms. The third-order valence-corrected chi connectivity index (χ3v) is 3.53. The van der Waals surface area contributed by atoms with Crippen LogP contribution in [0.5, 0.6) is 0 Å². The highest BCUT2D eigenvalue weighted by Crippen LogP contribution is 2.18. The summed E-state index contributed by atoms with van der Waals surface area (Å²) in [5.41, 5.74) is 9.38. The monoisotopic (exact) mass is 248 g/mol. The summed E-state index contributed by atoms with van der Waals surface area (Å²) in [6.45, 7) is 4.92. The van der Waals surface area contributed by atoms with Crippen LogP contribution in [0, 0.1) is 6.92 Å². The van der Waals surface area contributed by atoms with Crippen LogP contribution in [-0.4, -0.2) is 31.2 Å². The molecule has 1 aromatic rings. The van der Waals surface area contributed by atoms with Gasteiger partial charge >= 0.3 is 0 Å². The molecule has 2 N–H and O–H groups in total. The van der Waals surface area contributed by atoms with Gasteiger partial charge in [-0.25, -0.2) is 0 Å². The fourth-order valence-electron chi connectivity index (χ4n) is 2.53. The lowest BCUT2D eigenvalue weighted by Crippen LogP contribution is -2.33. The zero-order valence-electron chi connectivity index (χ0n) is 11.5. The van der Waals surface area contributed by atoms with Crippen LogP contribution >= 0.6 is 0 Å². The summed E-state index contributed by atoms with van der Waals surface area (Å²) in [5.74, 6) is 0. The van der Waals surface area contributed by atoms with Crippen LogP contribution in [0.25, 0.3) is 0 Å². The van der Waals surface area contributed by atoms with Gasteiger partial charge in [0.15, 0.2) is 0 Å². The number of ether oxygens (including phenoxy) is 1. The Kier molecular flexibility index (Phi) is 4.61. The Morgan fingerprint density at radius 1 is 1.39 bits per heavy atom. The summed E-state index contributed by atoms with van der Waals surface area (Å²) < 4.78 is 5.77. The largest absolute Gasteiger partial charge is 0.398 e. The molecule has 100 valence electrons. The maximum atomic E-state index is 6.01. The zero-order chi connectivity index (χ0) is 13.0. The Hall–Kier alpha value is -1.06. The van der Waals surface area contributed by atoms with Crippen LogP contribution in [0.3, 0.4) is 0 Å². The van der Waals surface area contributed by atoms with Gasteiger partial charge in [-0.15, -0.1) is 0 Å². The lowest BCUT2D eigenvalue weighted by Gasteiger charge is -2.27. The van der Waals surface area contributed by atoms with E-state index >= 15 is 0 Å². The van der Waals surface area contributed by atoms with E-state index in [9.17, 15) is 0 Å². The first-order valence-corrected chi connectivity index (χ1v) is 6.80. The number of hydrogen-bond donors (Lipinski definition) is 1.